The summed E-state index contributed by atoms with van der Waals surface area (Å²) in [6, 6.07) is 8.40. The summed E-state index contributed by atoms with van der Waals surface area (Å²) in [7, 11) is 1.41. The predicted octanol–water partition coefficient (Wildman–Crippen LogP) is 3.61. The summed E-state index contributed by atoms with van der Waals surface area (Å²) in [4.78, 5) is 11.4. The molecule has 0 saturated heterocycles. The number of ether oxygens (including phenoxy) is 1. The monoisotopic (exact) mass is 325 g/mol. The molecule has 0 aromatic heterocycles. The number of hydrogen-bond donors (Lipinski definition) is 1. The molecule has 1 aromatic rings. The van der Waals surface area contributed by atoms with Gasteiger partial charge in [0, 0.05) is 22.6 Å². The first-order chi connectivity index (χ1) is 9.08. The van der Waals surface area contributed by atoms with E-state index < -0.39 is 0 Å². The molecule has 1 N–H and O–H groups in total. The van der Waals surface area contributed by atoms with Gasteiger partial charge in [-0.05, 0) is 31.0 Å². The third-order valence-corrected chi connectivity index (χ3v) is 3.44. The van der Waals surface area contributed by atoms with Gasteiger partial charge in [0.05, 0.1) is 7.11 Å². The quantitative estimate of drug-likeness (QED) is 0.641. The topological polar surface area (TPSA) is 38.3 Å². The summed E-state index contributed by atoms with van der Waals surface area (Å²) in [6.07, 6.45) is 2.57. The molecule has 104 valence electrons. The van der Waals surface area contributed by atoms with E-state index >= 15 is 0 Å². The zero-order chi connectivity index (χ0) is 14.3. The highest BCUT2D eigenvalue weighted by molar-refractivity contribution is 9.10. The first-order valence-electron chi connectivity index (χ1n) is 6.34. The number of benzene rings is 1. The molecule has 0 radical (unpaired) electrons. The van der Waals surface area contributed by atoms with Crippen molar-refractivity contribution in [3.05, 3.63) is 46.0 Å². The van der Waals surface area contributed by atoms with Gasteiger partial charge in [0.1, 0.15) is 0 Å². The van der Waals surface area contributed by atoms with Crippen LogP contribution in [0.4, 0.5) is 0 Å². The summed E-state index contributed by atoms with van der Waals surface area (Å²) in [5, 5.41) is 3.36. The van der Waals surface area contributed by atoms with Gasteiger partial charge in [0.2, 0.25) is 0 Å². The van der Waals surface area contributed by atoms with Crippen molar-refractivity contribution in [2.75, 3.05) is 13.7 Å². The molecule has 0 fully saturated rings. The van der Waals surface area contributed by atoms with Crippen LogP contribution in [0.25, 0.3) is 0 Å². The molecule has 0 aliphatic rings. The van der Waals surface area contributed by atoms with E-state index in [0.29, 0.717) is 18.5 Å². The smallest absolute Gasteiger partial charge is 0.333 e. The van der Waals surface area contributed by atoms with Crippen LogP contribution in [0.5, 0.6) is 0 Å². The standard InChI is InChI=1S/C15H20BrNO2/c1-4-12(15(18)19-3)8-9-17-11(2)13-6-5-7-14(16)10-13/h5-8,10-11,17H,4,9H2,1-3H3/b12-8-. The Morgan fingerprint density at radius 3 is 2.84 bits per heavy atom. The Labute approximate surface area is 123 Å². The number of carbonyl (C=O) groups is 1. The van der Waals surface area contributed by atoms with Gasteiger partial charge in [-0.2, -0.15) is 0 Å². The minimum absolute atomic E-state index is 0.226. The van der Waals surface area contributed by atoms with E-state index in [4.69, 9.17) is 4.74 Å². The third-order valence-electron chi connectivity index (χ3n) is 2.95. The second kappa shape index (κ2) is 8.12. The van der Waals surface area contributed by atoms with Crippen LogP contribution in [-0.2, 0) is 9.53 Å². The first-order valence-corrected chi connectivity index (χ1v) is 7.14. The van der Waals surface area contributed by atoms with Gasteiger partial charge in [0.25, 0.3) is 0 Å². The molecule has 1 rings (SSSR count). The fourth-order valence-corrected chi connectivity index (χ4v) is 2.17. The molecule has 0 aliphatic heterocycles. The minimum atomic E-state index is -0.251. The number of esters is 1. The number of rotatable bonds is 6. The molecule has 19 heavy (non-hydrogen) atoms. The largest absolute Gasteiger partial charge is 0.466 e. The Balaban J connectivity index is 2.57. The average molecular weight is 326 g/mol. The van der Waals surface area contributed by atoms with Gasteiger partial charge >= 0.3 is 5.97 Å². The molecule has 0 spiro atoms. The molecule has 3 nitrogen and oxygen atoms in total. The van der Waals surface area contributed by atoms with E-state index in [-0.39, 0.29) is 12.0 Å². The van der Waals surface area contributed by atoms with Gasteiger partial charge in [-0.15, -0.1) is 0 Å². The van der Waals surface area contributed by atoms with Crippen molar-refractivity contribution in [3.63, 3.8) is 0 Å². The van der Waals surface area contributed by atoms with E-state index in [0.717, 1.165) is 4.47 Å². The summed E-state index contributed by atoms with van der Waals surface area (Å²) in [5.74, 6) is -0.251. The predicted molar refractivity (Wildman–Crippen MR) is 80.9 cm³/mol. The van der Waals surface area contributed by atoms with Crippen LogP contribution in [0.1, 0.15) is 31.9 Å². The van der Waals surface area contributed by atoms with Crippen molar-refractivity contribution in [1.82, 2.24) is 5.32 Å². The average Bonchev–Trinajstić information content (AvgIpc) is 2.42. The van der Waals surface area contributed by atoms with Crippen LogP contribution in [-0.4, -0.2) is 19.6 Å². The van der Waals surface area contributed by atoms with Crippen molar-refractivity contribution >= 4 is 21.9 Å². The summed E-state index contributed by atoms with van der Waals surface area (Å²) in [5.41, 5.74) is 1.91. The summed E-state index contributed by atoms with van der Waals surface area (Å²) in [6.45, 7) is 4.69. The lowest BCUT2D eigenvalue weighted by Crippen LogP contribution is -2.19. The lowest BCUT2D eigenvalue weighted by Gasteiger charge is -2.13. The van der Waals surface area contributed by atoms with E-state index in [1.165, 1.54) is 12.7 Å². The van der Waals surface area contributed by atoms with Crippen molar-refractivity contribution in [1.29, 1.82) is 0 Å². The molecule has 1 aromatic carbocycles. The fourth-order valence-electron chi connectivity index (χ4n) is 1.76. The maximum atomic E-state index is 11.4. The van der Waals surface area contributed by atoms with Gasteiger partial charge < -0.3 is 10.1 Å². The van der Waals surface area contributed by atoms with Crippen LogP contribution in [0.2, 0.25) is 0 Å². The highest BCUT2D eigenvalue weighted by atomic mass is 79.9. The molecule has 0 heterocycles. The molecule has 1 unspecified atom stereocenters. The Morgan fingerprint density at radius 1 is 1.53 bits per heavy atom. The SMILES string of the molecule is CC/C(=C/CNC(C)c1cccc(Br)c1)C(=O)OC. The highest BCUT2D eigenvalue weighted by Crippen LogP contribution is 2.17. The summed E-state index contributed by atoms with van der Waals surface area (Å²) >= 11 is 3.46. The van der Waals surface area contributed by atoms with Gasteiger partial charge in [0.15, 0.2) is 0 Å². The van der Waals surface area contributed by atoms with Gasteiger partial charge in [-0.25, -0.2) is 4.79 Å². The fraction of sp³-hybridized carbons (Fsp3) is 0.400. The third kappa shape index (κ3) is 5.17. The zero-order valence-corrected chi connectivity index (χ0v) is 13.2. The van der Waals surface area contributed by atoms with Crippen LogP contribution < -0.4 is 5.32 Å². The number of carbonyl (C=O) groups excluding carboxylic acids is 1. The van der Waals surface area contributed by atoms with Crippen molar-refractivity contribution < 1.29 is 9.53 Å². The van der Waals surface area contributed by atoms with Gasteiger partial charge in [-0.3, -0.25) is 0 Å². The number of methoxy groups -OCH3 is 1. The summed E-state index contributed by atoms with van der Waals surface area (Å²) < 4.78 is 5.79. The first kappa shape index (κ1) is 15.9. The van der Waals surface area contributed by atoms with Gasteiger partial charge in [-0.1, -0.05) is 41.1 Å². The molecule has 4 heteroatoms. The van der Waals surface area contributed by atoms with E-state index in [1.807, 2.05) is 25.1 Å². The number of hydrogen-bond acceptors (Lipinski definition) is 3. The second-order valence-corrected chi connectivity index (χ2v) is 5.18. The normalized spacial score (nSPS) is 13.2. The molecular formula is C15H20BrNO2. The molecule has 0 amide bonds. The van der Waals surface area contributed by atoms with E-state index in [1.54, 1.807) is 0 Å². The second-order valence-electron chi connectivity index (χ2n) is 4.26. The van der Waals surface area contributed by atoms with Crippen LogP contribution >= 0.6 is 15.9 Å². The number of halogens is 1. The highest BCUT2D eigenvalue weighted by Gasteiger charge is 2.07. The van der Waals surface area contributed by atoms with Crippen LogP contribution in [0, 0.1) is 0 Å². The van der Waals surface area contributed by atoms with Crippen LogP contribution in [0.15, 0.2) is 40.4 Å². The lowest BCUT2D eigenvalue weighted by atomic mass is 10.1. The van der Waals surface area contributed by atoms with Crippen molar-refractivity contribution in [3.8, 4) is 0 Å². The maximum Gasteiger partial charge on any atom is 0.333 e. The van der Waals surface area contributed by atoms with Crippen LogP contribution in [0.3, 0.4) is 0 Å². The molecule has 0 aliphatic carbocycles. The number of nitrogens with one attached hydrogen (secondary N) is 1. The maximum absolute atomic E-state index is 11.4. The Kier molecular flexibility index (Phi) is 6.81. The zero-order valence-electron chi connectivity index (χ0n) is 11.6. The van der Waals surface area contributed by atoms with Crippen molar-refractivity contribution in [2.24, 2.45) is 0 Å². The van der Waals surface area contributed by atoms with E-state index in [2.05, 4.69) is 40.3 Å². The van der Waals surface area contributed by atoms with E-state index in [9.17, 15) is 4.79 Å². The Hall–Kier alpha value is -1.13. The molecular weight excluding hydrogens is 306 g/mol. The molecule has 0 saturated carbocycles. The minimum Gasteiger partial charge on any atom is -0.466 e. The molecule has 0 bridgehead atoms. The lowest BCUT2D eigenvalue weighted by molar-refractivity contribution is -0.136. The molecule has 1 atom stereocenters. The Bertz CT molecular complexity index is 457. The van der Waals surface area contributed by atoms with Crippen molar-refractivity contribution in [2.45, 2.75) is 26.3 Å². The Morgan fingerprint density at radius 2 is 2.26 bits per heavy atom.